The summed E-state index contributed by atoms with van der Waals surface area (Å²) in [5.74, 6) is 0. The molecule has 0 radical (unpaired) electrons. The maximum Gasteiger partial charge on any atom is 0.297 e. The second kappa shape index (κ2) is 5.18. The van der Waals surface area contributed by atoms with E-state index in [2.05, 4.69) is 0 Å². The van der Waals surface area contributed by atoms with Gasteiger partial charge in [0.15, 0.2) is 0 Å². The van der Waals surface area contributed by atoms with Crippen molar-refractivity contribution in [1.82, 2.24) is 9.25 Å². The predicted octanol–water partition coefficient (Wildman–Crippen LogP) is -0.651. The molecule has 74 valence electrons. The molecule has 0 aromatic carbocycles. The third-order valence-electron chi connectivity index (χ3n) is 0.944. The van der Waals surface area contributed by atoms with Gasteiger partial charge in [-0.25, -0.2) is 0 Å². The number of hydrogen-bond donors (Lipinski definition) is 3. The number of rotatable bonds is 5. The van der Waals surface area contributed by atoms with Crippen molar-refractivity contribution in [3.8, 4) is 0 Å². The van der Waals surface area contributed by atoms with Gasteiger partial charge in [0.2, 0.25) is 5.50 Å². The minimum absolute atomic E-state index is 0.147. The van der Waals surface area contributed by atoms with Crippen molar-refractivity contribution in [3.63, 3.8) is 0 Å². The summed E-state index contributed by atoms with van der Waals surface area (Å²) in [5.41, 5.74) is -1.63. The summed E-state index contributed by atoms with van der Waals surface area (Å²) in [5, 5.41) is 8.37. The van der Waals surface area contributed by atoms with Gasteiger partial charge in [-0.1, -0.05) is 0 Å². The van der Waals surface area contributed by atoms with Gasteiger partial charge in [-0.2, -0.15) is 17.7 Å². The number of halogens is 2. The molecule has 0 amide bonds. The molecule has 0 spiro atoms. The fourth-order valence-corrected chi connectivity index (χ4v) is 1.91. The van der Waals surface area contributed by atoms with E-state index in [0.717, 1.165) is 0 Å². The van der Waals surface area contributed by atoms with E-state index in [1.54, 1.807) is 4.84 Å². The quantitative estimate of drug-likeness (QED) is 0.335. The van der Waals surface area contributed by atoms with E-state index in [-0.39, 0.29) is 13.2 Å². The normalized spacial score (nSPS) is 15.1. The van der Waals surface area contributed by atoms with Crippen LogP contribution in [0.2, 0.25) is 0 Å². The molecule has 0 saturated heterocycles. The van der Waals surface area contributed by atoms with Gasteiger partial charge >= 0.3 is 0 Å². The zero-order valence-corrected chi connectivity index (χ0v) is 8.14. The van der Waals surface area contributed by atoms with E-state index in [1.165, 1.54) is 0 Å². The highest BCUT2D eigenvalue weighted by atomic mass is 35.5. The lowest BCUT2D eigenvalue weighted by Gasteiger charge is -2.19. The minimum atomic E-state index is -4.40. The van der Waals surface area contributed by atoms with Gasteiger partial charge in [0, 0.05) is 6.54 Å². The lowest BCUT2D eigenvalue weighted by Crippen LogP contribution is -2.43. The Morgan fingerprint density at radius 3 is 2.33 bits per heavy atom. The van der Waals surface area contributed by atoms with Gasteiger partial charge < -0.3 is 5.11 Å². The second-order valence-electron chi connectivity index (χ2n) is 1.82. The van der Waals surface area contributed by atoms with Crippen molar-refractivity contribution in [2.75, 3.05) is 13.2 Å². The maximum absolute atomic E-state index is 10.5. The maximum atomic E-state index is 10.5. The predicted molar refractivity (Wildman–Crippen MR) is 44.0 cm³/mol. The van der Waals surface area contributed by atoms with Crippen molar-refractivity contribution >= 4 is 33.7 Å². The number of nitrogens with zero attached hydrogens (tertiary/aromatic N) is 1. The first-order valence-electron chi connectivity index (χ1n) is 2.79. The number of aliphatic hydroxyl groups excluding tert-OH is 1. The van der Waals surface area contributed by atoms with Crippen LogP contribution in [0, 0.1) is 0 Å². The van der Waals surface area contributed by atoms with E-state index in [9.17, 15) is 8.42 Å². The standard InChI is InChI=1S/C3H8Cl2N2O4S/c4-6-3(12(9,10)11)7(5)1-2-8/h3,6,8H,1-2H2,(H,9,10,11). The summed E-state index contributed by atoms with van der Waals surface area (Å²) in [6, 6.07) is 0. The fourth-order valence-electron chi connectivity index (χ4n) is 0.467. The van der Waals surface area contributed by atoms with Crippen molar-refractivity contribution in [2.24, 2.45) is 0 Å². The van der Waals surface area contributed by atoms with Gasteiger partial charge in [-0.3, -0.25) is 4.55 Å². The summed E-state index contributed by atoms with van der Waals surface area (Å²) in [6.45, 7) is -0.500. The average Bonchev–Trinajstić information content (AvgIpc) is 1.85. The first-order valence-corrected chi connectivity index (χ1v) is 5.01. The Balaban J connectivity index is 4.35. The van der Waals surface area contributed by atoms with Crippen molar-refractivity contribution in [2.45, 2.75) is 5.50 Å². The first-order chi connectivity index (χ1) is 5.43. The third-order valence-corrected chi connectivity index (χ3v) is 2.70. The Morgan fingerprint density at radius 2 is 2.08 bits per heavy atom. The van der Waals surface area contributed by atoms with Gasteiger partial charge in [0.1, 0.15) is 0 Å². The van der Waals surface area contributed by atoms with E-state index in [1.807, 2.05) is 0 Å². The third kappa shape index (κ3) is 3.85. The summed E-state index contributed by atoms with van der Waals surface area (Å²) in [7, 11) is -4.40. The van der Waals surface area contributed by atoms with Crippen molar-refractivity contribution in [3.05, 3.63) is 0 Å². The Labute approximate surface area is 80.0 Å². The molecule has 9 heteroatoms. The van der Waals surface area contributed by atoms with Crippen LogP contribution < -0.4 is 4.84 Å². The fraction of sp³-hybridized carbons (Fsp3) is 1.00. The molecule has 0 aliphatic carbocycles. The van der Waals surface area contributed by atoms with Gasteiger partial charge in [0.25, 0.3) is 10.1 Å². The van der Waals surface area contributed by atoms with Gasteiger partial charge in [0.05, 0.1) is 6.61 Å². The van der Waals surface area contributed by atoms with Crippen LogP contribution in [0.15, 0.2) is 0 Å². The van der Waals surface area contributed by atoms with E-state index in [4.69, 9.17) is 33.2 Å². The Morgan fingerprint density at radius 1 is 1.58 bits per heavy atom. The summed E-state index contributed by atoms with van der Waals surface area (Å²) < 4.78 is 30.1. The molecule has 0 aliphatic heterocycles. The molecule has 3 N–H and O–H groups in total. The van der Waals surface area contributed by atoms with Gasteiger partial charge in [-0.15, -0.1) is 0 Å². The topological polar surface area (TPSA) is 89.9 Å². The van der Waals surface area contributed by atoms with Crippen LogP contribution in [0.25, 0.3) is 0 Å². The molecule has 0 aromatic heterocycles. The van der Waals surface area contributed by atoms with Crippen LogP contribution in [0.3, 0.4) is 0 Å². The lowest BCUT2D eigenvalue weighted by molar-refractivity contribution is 0.244. The molecule has 0 bridgehead atoms. The highest BCUT2D eigenvalue weighted by Crippen LogP contribution is 2.06. The van der Waals surface area contributed by atoms with Crippen LogP contribution in [0.4, 0.5) is 0 Å². The molecule has 0 saturated carbocycles. The Bertz CT molecular complexity index is 220. The van der Waals surface area contributed by atoms with E-state index < -0.39 is 15.6 Å². The molecule has 6 nitrogen and oxygen atoms in total. The number of aliphatic hydroxyl groups is 1. The number of nitrogens with one attached hydrogen (secondary N) is 1. The van der Waals surface area contributed by atoms with Crippen LogP contribution in [-0.2, 0) is 10.1 Å². The van der Waals surface area contributed by atoms with Crippen LogP contribution in [0.1, 0.15) is 0 Å². The van der Waals surface area contributed by atoms with Crippen LogP contribution in [0.5, 0.6) is 0 Å². The second-order valence-corrected chi connectivity index (χ2v) is 3.95. The molecule has 0 aromatic rings. The first kappa shape index (κ1) is 12.4. The summed E-state index contributed by atoms with van der Waals surface area (Å²) in [6.07, 6.45) is 0. The monoisotopic (exact) mass is 238 g/mol. The largest absolute Gasteiger partial charge is 0.395 e. The zero-order chi connectivity index (χ0) is 9.78. The molecule has 0 aliphatic rings. The Hall–Kier alpha value is 0.370. The highest BCUT2D eigenvalue weighted by Gasteiger charge is 2.27. The molecule has 12 heavy (non-hydrogen) atoms. The molecule has 0 rings (SSSR count). The Kier molecular flexibility index (Phi) is 5.34. The molecule has 0 fully saturated rings. The molecule has 1 atom stereocenters. The smallest absolute Gasteiger partial charge is 0.297 e. The van der Waals surface area contributed by atoms with Crippen molar-refractivity contribution < 1.29 is 18.1 Å². The molecular formula is C3H8Cl2N2O4S. The van der Waals surface area contributed by atoms with Crippen molar-refractivity contribution in [1.29, 1.82) is 0 Å². The zero-order valence-electron chi connectivity index (χ0n) is 5.81. The van der Waals surface area contributed by atoms with Crippen LogP contribution in [-0.4, -0.2) is 41.1 Å². The van der Waals surface area contributed by atoms with E-state index in [0.29, 0.717) is 4.42 Å². The lowest BCUT2D eigenvalue weighted by atomic mass is 10.7. The SMILES string of the molecule is O=S(=O)(O)C(NCl)N(Cl)CCO. The van der Waals surface area contributed by atoms with E-state index >= 15 is 0 Å². The average molecular weight is 239 g/mol. The molecule has 1 unspecified atom stereocenters. The summed E-state index contributed by atoms with van der Waals surface area (Å²) >= 11 is 10.3. The molecule has 0 heterocycles. The van der Waals surface area contributed by atoms with Gasteiger partial charge in [-0.05, 0) is 23.6 Å². The summed E-state index contributed by atoms with van der Waals surface area (Å²) in [4.78, 5) is 1.74. The van der Waals surface area contributed by atoms with Crippen LogP contribution >= 0.6 is 23.6 Å². The highest BCUT2D eigenvalue weighted by molar-refractivity contribution is 7.86. The number of hydrogen-bond acceptors (Lipinski definition) is 5. The minimum Gasteiger partial charge on any atom is -0.395 e. The molecular weight excluding hydrogens is 231 g/mol.